The molecule has 0 aliphatic carbocycles. The van der Waals surface area contributed by atoms with Crippen LogP contribution in [0.25, 0.3) is 0 Å². The van der Waals surface area contributed by atoms with Crippen LogP contribution in [0.3, 0.4) is 0 Å². The summed E-state index contributed by atoms with van der Waals surface area (Å²) in [7, 11) is 0. The maximum atomic E-state index is 11.5. The summed E-state index contributed by atoms with van der Waals surface area (Å²) >= 11 is 0. The summed E-state index contributed by atoms with van der Waals surface area (Å²) < 4.78 is 0. The van der Waals surface area contributed by atoms with E-state index in [9.17, 15) is 4.79 Å². The van der Waals surface area contributed by atoms with Gasteiger partial charge >= 0.3 is 0 Å². The number of hydrogen-bond donors (Lipinski definition) is 1. The Morgan fingerprint density at radius 3 is 2.40 bits per heavy atom. The lowest BCUT2D eigenvalue weighted by molar-refractivity contribution is -0.119. The molecule has 2 N–H and O–H groups in total. The van der Waals surface area contributed by atoms with Gasteiger partial charge in [-0.3, -0.25) is 9.69 Å². The van der Waals surface area contributed by atoms with Gasteiger partial charge in [0, 0.05) is 25.0 Å². The number of nitrogens with zero attached hydrogens (tertiary/aromatic N) is 1. The summed E-state index contributed by atoms with van der Waals surface area (Å²) in [5.41, 5.74) is 6.85. The zero-order valence-corrected chi connectivity index (χ0v) is 12.0. The highest BCUT2D eigenvalue weighted by molar-refractivity contribution is 5.80. The number of ketones is 1. The third-order valence-corrected chi connectivity index (χ3v) is 4.93. The van der Waals surface area contributed by atoms with Crippen molar-refractivity contribution in [2.75, 3.05) is 6.54 Å². The molecule has 2 bridgehead atoms. The highest BCUT2D eigenvalue weighted by atomic mass is 16.1. The Kier molecular flexibility index (Phi) is 4.18. The molecular formula is C17H24N2O. The molecule has 3 nitrogen and oxygen atoms in total. The normalized spacial score (nSPS) is 29.6. The monoisotopic (exact) mass is 272 g/mol. The van der Waals surface area contributed by atoms with Crippen LogP contribution < -0.4 is 5.73 Å². The topological polar surface area (TPSA) is 46.3 Å². The minimum atomic E-state index is 0.208. The zero-order valence-electron chi connectivity index (χ0n) is 12.0. The lowest BCUT2D eigenvalue weighted by Crippen LogP contribution is -2.42. The van der Waals surface area contributed by atoms with E-state index in [1.807, 2.05) is 0 Å². The molecule has 0 radical (unpaired) electrons. The van der Waals surface area contributed by atoms with Gasteiger partial charge in [0.05, 0.1) is 6.54 Å². The third kappa shape index (κ3) is 2.94. The molecule has 2 unspecified atom stereocenters. The van der Waals surface area contributed by atoms with Crippen LogP contribution >= 0.6 is 0 Å². The van der Waals surface area contributed by atoms with Gasteiger partial charge in [-0.15, -0.1) is 0 Å². The molecule has 3 rings (SSSR count). The summed E-state index contributed by atoms with van der Waals surface area (Å²) in [6.45, 7) is 1.27. The van der Waals surface area contributed by atoms with Crippen molar-refractivity contribution < 1.29 is 4.79 Å². The van der Waals surface area contributed by atoms with Gasteiger partial charge in [-0.05, 0) is 37.2 Å². The number of rotatable bonds is 5. The molecule has 0 spiro atoms. The number of carbonyl (C=O) groups is 1. The maximum Gasteiger partial charge on any atom is 0.146 e. The summed E-state index contributed by atoms with van der Waals surface area (Å²) in [5.74, 6) is 0.793. The Morgan fingerprint density at radius 2 is 1.80 bits per heavy atom. The Bertz CT molecular complexity index is 445. The second-order valence-corrected chi connectivity index (χ2v) is 6.33. The van der Waals surface area contributed by atoms with E-state index in [4.69, 9.17) is 5.73 Å². The van der Waals surface area contributed by atoms with Gasteiger partial charge in [0.25, 0.3) is 0 Å². The fraction of sp³-hybridized carbons (Fsp3) is 0.588. The SMILES string of the molecule is NCC(=O)CC1CC2CCC(C1)N2Cc1ccccc1. The molecule has 2 fully saturated rings. The number of piperidine rings is 1. The highest BCUT2D eigenvalue weighted by Crippen LogP contribution is 2.40. The first-order chi connectivity index (χ1) is 9.76. The van der Waals surface area contributed by atoms with Crippen LogP contribution in [-0.2, 0) is 11.3 Å². The van der Waals surface area contributed by atoms with Crippen molar-refractivity contribution >= 4 is 5.78 Å². The molecule has 0 amide bonds. The van der Waals surface area contributed by atoms with Crippen molar-refractivity contribution in [3.63, 3.8) is 0 Å². The van der Waals surface area contributed by atoms with Crippen molar-refractivity contribution in [2.24, 2.45) is 11.7 Å². The fourth-order valence-corrected chi connectivity index (χ4v) is 4.01. The van der Waals surface area contributed by atoms with Crippen molar-refractivity contribution in [3.8, 4) is 0 Å². The lowest BCUT2D eigenvalue weighted by atomic mass is 9.86. The third-order valence-electron chi connectivity index (χ3n) is 4.93. The van der Waals surface area contributed by atoms with Crippen molar-refractivity contribution in [1.82, 2.24) is 4.90 Å². The number of carbonyl (C=O) groups excluding carboxylic acids is 1. The molecule has 3 heteroatoms. The molecule has 2 aliphatic rings. The number of nitrogens with two attached hydrogens (primary N) is 1. The van der Waals surface area contributed by atoms with Gasteiger partial charge in [0.1, 0.15) is 5.78 Å². The molecule has 2 aliphatic heterocycles. The largest absolute Gasteiger partial charge is 0.324 e. The molecule has 0 saturated carbocycles. The lowest BCUT2D eigenvalue weighted by Gasteiger charge is -2.39. The fourth-order valence-electron chi connectivity index (χ4n) is 4.01. The Hall–Kier alpha value is -1.19. The Balaban J connectivity index is 1.62. The van der Waals surface area contributed by atoms with Gasteiger partial charge in [0.15, 0.2) is 0 Å². The number of Topliss-reactive ketones (excluding diaryl/α,β-unsaturated/α-hetero) is 1. The minimum Gasteiger partial charge on any atom is -0.324 e. The van der Waals surface area contributed by atoms with Crippen LogP contribution in [0.1, 0.15) is 37.7 Å². The number of fused-ring (bicyclic) bond motifs is 2. The molecule has 1 aromatic rings. The van der Waals surface area contributed by atoms with Gasteiger partial charge in [0.2, 0.25) is 0 Å². The molecular weight excluding hydrogens is 248 g/mol. The van der Waals surface area contributed by atoms with Crippen LogP contribution in [-0.4, -0.2) is 29.3 Å². The van der Waals surface area contributed by atoms with Crippen molar-refractivity contribution in [2.45, 2.75) is 50.7 Å². The molecule has 2 saturated heterocycles. The van der Waals surface area contributed by atoms with E-state index >= 15 is 0 Å². The van der Waals surface area contributed by atoms with E-state index in [0.717, 1.165) is 6.54 Å². The molecule has 108 valence electrons. The van der Waals surface area contributed by atoms with Gasteiger partial charge in [-0.25, -0.2) is 0 Å². The van der Waals surface area contributed by atoms with Gasteiger partial charge in [-0.1, -0.05) is 30.3 Å². The summed E-state index contributed by atoms with van der Waals surface area (Å²) in [5, 5.41) is 0. The smallest absolute Gasteiger partial charge is 0.146 e. The van der Waals surface area contributed by atoms with Crippen LogP contribution in [0.4, 0.5) is 0 Å². The second kappa shape index (κ2) is 6.06. The average Bonchev–Trinajstić information content (AvgIpc) is 2.71. The first kappa shape index (κ1) is 13.8. The summed E-state index contributed by atoms with van der Waals surface area (Å²) in [6, 6.07) is 12.1. The predicted octanol–water partition coefficient (Wildman–Crippen LogP) is 2.35. The summed E-state index contributed by atoms with van der Waals surface area (Å²) in [6.07, 6.45) is 5.64. The van der Waals surface area contributed by atoms with E-state index in [1.54, 1.807) is 0 Å². The van der Waals surface area contributed by atoms with E-state index in [-0.39, 0.29) is 12.3 Å². The first-order valence-electron chi connectivity index (χ1n) is 7.77. The predicted molar refractivity (Wildman–Crippen MR) is 80.2 cm³/mol. The molecule has 20 heavy (non-hydrogen) atoms. The zero-order chi connectivity index (χ0) is 13.9. The van der Waals surface area contributed by atoms with Crippen LogP contribution in [0.15, 0.2) is 30.3 Å². The van der Waals surface area contributed by atoms with Gasteiger partial charge in [-0.2, -0.15) is 0 Å². The van der Waals surface area contributed by atoms with Crippen LogP contribution in [0.2, 0.25) is 0 Å². The van der Waals surface area contributed by atoms with Crippen LogP contribution in [0, 0.1) is 5.92 Å². The first-order valence-corrected chi connectivity index (χ1v) is 7.77. The minimum absolute atomic E-state index is 0.208. The van der Waals surface area contributed by atoms with Gasteiger partial charge < -0.3 is 5.73 Å². The Morgan fingerprint density at radius 1 is 1.15 bits per heavy atom. The summed E-state index contributed by atoms with van der Waals surface area (Å²) in [4.78, 5) is 14.2. The standard InChI is InChI=1S/C17H24N2O/c18-11-17(20)10-14-8-15-6-7-16(9-14)19(15)12-13-4-2-1-3-5-13/h1-5,14-16H,6-12,18H2. The average molecular weight is 272 g/mol. The van der Waals surface area contributed by atoms with Crippen molar-refractivity contribution in [1.29, 1.82) is 0 Å². The second-order valence-electron chi connectivity index (χ2n) is 6.33. The maximum absolute atomic E-state index is 11.5. The van der Waals surface area contributed by atoms with E-state index in [1.165, 1.54) is 31.2 Å². The number of hydrogen-bond acceptors (Lipinski definition) is 3. The molecule has 1 aromatic carbocycles. The van der Waals surface area contributed by atoms with E-state index in [0.29, 0.717) is 24.4 Å². The van der Waals surface area contributed by atoms with Crippen molar-refractivity contribution in [3.05, 3.63) is 35.9 Å². The van der Waals surface area contributed by atoms with E-state index < -0.39 is 0 Å². The Labute approximate surface area is 121 Å². The highest BCUT2D eigenvalue weighted by Gasteiger charge is 2.40. The van der Waals surface area contributed by atoms with Crippen LogP contribution in [0.5, 0.6) is 0 Å². The van der Waals surface area contributed by atoms with E-state index in [2.05, 4.69) is 35.2 Å². The molecule has 2 heterocycles. The molecule has 0 aromatic heterocycles. The molecule has 2 atom stereocenters. The number of benzene rings is 1. The quantitative estimate of drug-likeness (QED) is 0.895.